The second kappa shape index (κ2) is 8.44. The van der Waals surface area contributed by atoms with E-state index < -0.39 is 9.84 Å². The van der Waals surface area contributed by atoms with Crippen LogP contribution in [0.5, 0.6) is 0 Å². The molecule has 2 saturated heterocycles. The van der Waals surface area contributed by atoms with Crippen molar-refractivity contribution in [3.8, 4) is 0 Å². The zero-order chi connectivity index (χ0) is 18.7. The smallest absolute Gasteiger partial charge is 0.238 e. The maximum atomic E-state index is 12.5. The van der Waals surface area contributed by atoms with Crippen LogP contribution in [0.3, 0.4) is 0 Å². The number of anilines is 1. The highest BCUT2D eigenvalue weighted by atomic mass is 35.5. The van der Waals surface area contributed by atoms with Gasteiger partial charge in [-0.05, 0) is 37.5 Å². The monoisotopic (exact) mass is 420 g/mol. The molecule has 0 aromatic heterocycles. The third kappa shape index (κ3) is 5.33. The number of benzene rings is 1. The molecule has 0 aliphatic carbocycles. The molecule has 0 radical (unpaired) electrons. The molecule has 0 saturated carbocycles. The van der Waals surface area contributed by atoms with E-state index in [2.05, 4.69) is 5.32 Å². The Labute approximate surface area is 163 Å². The number of ether oxygens (including phenoxy) is 1. The first kappa shape index (κ1) is 19.9. The van der Waals surface area contributed by atoms with E-state index in [1.54, 1.807) is 18.2 Å². The summed E-state index contributed by atoms with van der Waals surface area (Å²) >= 11 is 12.0. The lowest BCUT2D eigenvalue weighted by atomic mass is 10.1. The number of sulfone groups is 1. The van der Waals surface area contributed by atoms with Crippen molar-refractivity contribution < 1.29 is 17.9 Å². The molecule has 26 heavy (non-hydrogen) atoms. The number of nitrogens with one attached hydrogen (secondary N) is 1. The Hall–Kier alpha value is -0.860. The van der Waals surface area contributed by atoms with Crippen LogP contribution in [0.2, 0.25) is 10.0 Å². The molecule has 144 valence electrons. The molecule has 2 aliphatic rings. The van der Waals surface area contributed by atoms with Crippen molar-refractivity contribution in [3.05, 3.63) is 28.2 Å². The van der Waals surface area contributed by atoms with Gasteiger partial charge >= 0.3 is 0 Å². The molecule has 2 heterocycles. The highest BCUT2D eigenvalue weighted by Gasteiger charge is 2.34. The average molecular weight is 421 g/mol. The predicted molar refractivity (Wildman–Crippen MR) is 103 cm³/mol. The van der Waals surface area contributed by atoms with Crippen LogP contribution in [-0.2, 0) is 19.4 Å². The van der Waals surface area contributed by atoms with E-state index in [1.165, 1.54) is 0 Å². The van der Waals surface area contributed by atoms with E-state index in [1.807, 2.05) is 4.90 Å². The van der Waals surface area contributed by atoms with Crippen molar-refractivity contribution in [1.82, 2.24) is 4.90 Å². The lowest BCUT2D eigenvalue weighted by Gasteiger charge is -2.29. The fourth-order valence-electron chi connectivity index (χ4n) is 3.42. The van der Waals surface area contributed by atoms with Crippen molar-refractivity contribution in [2.75, 3.05) is 36.5 Å². The molecule has 3 rings (SSSR count). The molecule has 1 amide bonds. The van der Waals surface area contributed by atoms with Crippen molar-refractivity contribution in [1.29, 1.82) is 0 Å². The van der Waals surface area contributed by atoms with Gasteiger partial charge < -0.3 is 10.1 Å². The number of carbonyl (C=O) groups excluding carboxylic acids is 1. The normalized spacial score (nSPS) is 24.9. The molecule has 9 heteroatoms. The fourth-order valence-corrected chi connectivity index (χ4v) is 5.64. The number of hydrogen-bond donors (Lipinski definition) is 1. The third-order valence-corrected chi connectivity index (χ3v) is 7.04. The summed E-state index contributed by atoms with van der Waals surface area (Å²) in [5, 5.41) is 3.63. The summed E-state index contributed by atoms with van der Waals surface area (Å²) in [6.45, 7) is 1.37. The molecule has 2 unspecified atom stereocenters. The lowest BCUT2D eigenvalue weighted by Crippen LogP contribution is -2.45. The second-order valence-corrected chi connectivity index (χ2v) is 9.87. The summed E-state index contributed by atoms with van der Waals surface area (Å²) in [5.74, 6) is 0.0236. The molecule has 6 nitrogen and oxygen atoms in total. The molecule has 1 aromatic carbocycles. The van der Waals surface area contributed by atoms with E-state index >= 15 is 0 Å². The van der Waals surface area contributed by atoms with Crippen LogP contribution >= 0.6 is 23.2 Å². The van der Waals surface area contributed by atoms with Gasteiger partial charge in [-0.25, -0.2) is 8.42 Å². The fraction of sp³-hybridized carbons (Fsp3) is 0.588. The summed E-state index contributed by atoms with van der Waals surface area (Å²) in [4.78, 5) is 14.4. The predicted octanol–water partition coefficient (Wildman–Crippen LogP) is 2.60. The van der Waals surface area contributed by atoms with Gasteiger partial charge in [0.15, 0.2) is 9.84 Å². The maximum Gasteiger partial charge on any atom is 0.238 e. The summed E-state index contributed by atoms with van der Waals surface area (Å²) in [5.41, 5.74) is 0.483. The van der Waals surface area contributed by atoms with Gasteiger partial charge in [-0.1, -0.05) is 23.2 Å². The van der Waals surface area contributed by atoms with Crippen molar-refractivity contribution in [2.24, 2.45) is 0 Å². The van der Waals surface area contributed by atoms with Crippen molar-refractivity contribution in [2.45, 2.75) is 31.4 Å². The minimum Gasteiger partial charge on any atom is -0.377 e. The molecule has 0 spiro atoms. The Morgan fingerprint density at radius 1 is 1.31 bits per heavy atom. The number of carbonyl (C=O) groups is 1. The van der Waals surface area contributed by atoms with Crippen LogP contribution in [0, 0.1) is 0 Å². The first-order valence-corrected chi connectivity index (χ1v) is 11.2. The number of rotatable bonds is 6. The van der Waals surface area contributed by atoms with Gasteiger partial charge in [0.2, 0.25) is 5.91 Å². The Kier molecular flexibility index (Phi) is 6.45. The molecular formula is C17H22Cl2N2O4S. The quantitative estimate of drug-likeness (QED) is 0.764. The lowest BCUT2D eigenvalue weighted by molar-refractivity contribution is -0.118. The average Bonchev–Trinajstić information content (AvgIpc) is 3.19. The first-order valence-electron chi connectivity index (χ1n) is 8.63. The Morgan fingerprint density at radius 2 is 2.12 bits per heavy atom. The molecule has 1 aromatic rings. The van der Waals surface area contributed by atoms with Crippen LogP contribution in [0.25, 0.3) is 0 Å². The first-order chi connectivity index (χ1) is 12.3. The number of nitrogens with zero attached hydrogens (tertiary/aromatic N) is 1. The Balaban J connectivity index is 1.66. The third-order valence-electron chi connectivity index (χ3n) is 4.74. The SMILES string of the molecule is O=C(CN(CC1CCCO1)C1CCS(=O)(=O)C1)Nc1ccc(Cl)cc1Cl. The minimum atomic E-state index is -3.03. The molecule has 1 N–H and O–H groups in total. The highest BCUT2D eigenvalue weighted by molar-refractivity contribution is 7.91. The van der Waals surface area contributed by atoms with E-state index in [9.17, 15) is 13.2 Å². The van der Waals surface area contributed by atoms with Gasteiger partial charge in [0.1, 0.15) is 0 Å². The van der Waals surface area contributed by atoms with E-state index in [-0.39, 0.29) is 36.1 Å². The van der Waals surface area contributed by atoms with Crippen LogP contribution in [-0.4, -0.2) is 62.6 Å². The maximum absolute atomic E-state index is 12.5. The van der Waals surface area contributed by atoms with Gasteiger partial charge in [-0.2, -0.15) is 0 Å². The topological polar surface area (TPSA) is 75.7 Å². The summed E-state index contributed by atoms with van der Waals surface area (Å²) < 4.78 is 29.4. The van der Waals surface area contributed by atoms with Gasteiger partial charge in [0.05, 0.1) is 34.9 Å². The molecule has 2 aliphatic heterocycles. The van der Waals surface area contributed by atoms with Crippen molar-refractivity contribution >= 4 is 44.6 Å². The Morgan fingerprint density at radius 3 is 2.73 bits per heavy atom. The van der Waals surface area contributed by atoms with Crippen molar-refractivity contribution in [3.63, 3.8) is 0 Å². The minimum absolute atomic E-state index is 0.0465. The molecular weight excluding hydrogens is 399 g/mol. The number of halogens is 2. The summed E-state index contributed by atoms with van der Waals surface area (Å²) in [6, 6.07) is 4.70. The van der Waals surface area contributed by atoms with Gasteiger partial charge in [0.25, 0.3) is 0 Å². The van der Waals surface area contributed by atoms with Crippen LogP contribution < -0.4 is 5.32 Å². The standard InChI is InChI=1S/C17H22Cl2N2O4S/c18-12-3-4-16(15(19)8-12)20-17(22)10-21(9-14-2-1-6-25-14)13-5-7-26(23,24)11-13/h3-4,8,13-14H,1-2,5-7,9-11H2,(H,20,22). The summed E-state index contributed by atoms with van der Waals surface area (Å²) in [6.07, 6.45) is 2.52. The number of amides is 1. The Bertz CT molecular complexity index is 766. The van der Waals surface area contributed by atoms with E-state index in [0.29, 0.717) is 35.3 Å². The van der Waals surface area contributed by atoms with Gasteiger partial charge in [-0.15, -0.1) is 0 Å². The second-order valence-electron chi connectivity index (χ2n) is 6.79. The van der Waals surface area contributed by atoms with E-state index in [0.717, 1.165) is 12.8 Å². The highest BCUT2D eigenvalue weighted by Crippen LogP contribution is 2.26. The zero-order valence-electron chi connectivity index (χ0n) is 14.3. The molecule has 2 fully saturated rings. The van der Waals surface area contributed by atoms with Gasteiger partial charge in [0, 0.05) is 24.2 Å². The van der Waals surface area contributed by atoms with Gasteiger partial charge in [-0.3, -0.25) is 9.69 Å². The van der Waals surface area contributed by atoms with Crippen LogP contribution in [0.4, 0.5) is 5.69 Å². The molecule has 0 bridgehead atoms. The van der Waals surface area contributed by atoms with Crippen LogP contribution in [0.15, 0.2) is 18.2 Å². The summed E-state index contributed by atoms with van der Waals surface area (Å²) in [7, 11) is -3.03. The largest absolute Gasteiger partial charge is 0.377 e. The zero-order valence-corrected chi connectivity index (χ0v) is 16.6. The van der Waals surface area contributed by atoms with Crippen LogP contribution in [0.1, 0.15) is 19.3 Å². The van der Waals surface area contributed by atoms with E-state index in [4.69, 9.17) is 27.9 Å². The number of hydrogen-bond acceptors (Lipinski definition) is 5. The molecule has 2 atom stereocenters.